The lowest BCUT2D eigenvalue weighted by molar-refractivity contribution is 0.0948. The van der Waals surface area contributed by atoms with Crippen molar-refractivity contribution in [2.45, 2.75) is 25.7 Å². The summed E-state index contributed by atoms with van der Waals surface area (Å²) in [6, 6.07) is 8.47. The molecule has 0 aliphatic rings. The predicted octanol–water partition coefficient (Wildman–Crippen LogP) is -0.405. The molecule has 13 nitrogen and oxygen atoms in total. The summed E-state index contributed by atoms with van der Waals surface area (Å²) in [5, 5.41) is 29.6. The van der Waals surface area contributed by atoms with Crippen molar-refractivity contribution in [2.24, 2.45) is 7.05 Å². The average molecular weight is 500 g/mol. The molecule has 2 N–H and O–H groups in total. The molecule has 182 valence electrons. The molecule has 3 heterocycles. The Morgan fingerprint density at radius 1 is 1.23 bits per heavy atom. The Hall–Kier alpha value is -4.10. The van der Waals surface area contributed by atoms with Gasteiger partial charge in [-0.1, -0.05) is 23.7 Å². The summed E-state index contributed by atoms with van der Waals surface area (Å²) < 4.78 is 3.64. The highest BCUT2D eigenvalue weighted by Crippen LogP contribution is 2.17. The zero-order valence-corrected chi connectivity index (χ0v) is 19.4. The molecule has 4 aromatic rings. The Morgan fingerprint density at radius 2 is 2.00 bits per heavy atom. The first-order valence-electron chi connectivity index (χ1n) is 10.6. The fraction of sp³-hybridized carbons (Fsp3) is 0.286. The zero-order valence-electron chi connectivity index (χ0n) is 18.7. The highest BCUT2D eigenvalue weighted by Gasteiger charge is 2.17. The van der Waals surface area contributed by atoms with Gasteiger partial charge in [-0.05, 0) is 29.0 Å². The van der Waals surface area contributed by atoms with Crippen LogP contribution in [0.3, 0.4) is 0 Å². The third kappa shape index (κ3) is 5.70. The SMILES string of the molecule is Cn1c(=O)c(C(=O)NCCn2cccn2)cn(Cc2nnn(C[C@H](O)c3ccc(Cl)cc3)n2)c1=O. The van der Waals surface area contributed by atoms with Crippen molar-refractivity contribution in [3.8, 4) is 0 Å². The third-order valence-electron chi connectivity index (χ3n) is 5.18. The number of carbonyl (C=O) groups is 1. The average Bonchev–Trinajstić information content (AvgIpc) is 3.52. The minimum Gasteiger partial charge on any atom is -0.386 e. The van der Waals surface area contributed by atoms with Crippen LogP contribution in [-0.2, 0) is 26.7 Å². The van der Waals surface area contributed by atoms with Crippen molar-refractivity contribution >= 4 is 17.5 Å². The molecule has 0 saturated carbocycles. The van der Waals surface area contributed by atoms with Crippen molar-refractivity contribution < 1.29 is 9.90 Å². The molecule has 3 aromatic heterocycles. The highest BCUT2D eigenvalue weighted by atomic mass is 35.5. The van der Waals surface area contributed by atoms with Crippen molar-refractivity contribution in [1.82, 2.24) is 44.4 Å². The van der Waals surface area contributed by atoms with E-state index in [1.165, 1.54) is 18.0 Å². The fourth-order valence-electron chi connectivity index (χ4n) is 3.32. The minimum atomic E-state index is -0.897. The van der Waals surface area contributed by atoms with E-state index in [1.54, 1.807) is 47.4 Å². The highest BCUT2D eigenvalue weighted by molar-refractivity contribution is 6.30. The molecule has 0 unspecified atom stereocenters. The van der Waals surface area contributed by atoms with Crippen LogP contribution in [0.15, 0.2) is 58.5 Å². The molecule has 0 spiro atoms. The Kier molecular flexibility index (Phi) is 7.17. The van der Waals surface area contributed by atoms with Crippen LogP contribution in [0.25, 0.3) is 0 Å². The van der Waals surface area contributed by atoms with Gasteiger partial charge in [-0.3, -0.25) is 23.4 Å². The lowest BCUT2D eigenvalue weighted by Crippen LogP contribution is -2.43. The quantitative estimate of drug-likeness (QED) is 0.315. The number of benzene rings is 1. The van der Waals surface area contributed by atoms with E-state index in [9.17, 15) is 19.5 Å². The fourth-order valence-corrected chi connectivity index (χ4v) is 3.45. The van der Waals surface area contributed by atoms with Gasteiger partial charge in [-0.25, -0.2) is 4.79 Å². The topological polar surface area (TPSA) is 155 Å². The maximum Gasteiger partial charge on any atom is 0.331 e. The van der Waals surface area contributed by atoms with E-state index in [1.807, 2.05) is 0 Å². The normalized spacial score (nSPS) is 12.0. The van der Waals surface area contributed by atoms with Crippen LogP contribution in [0.2, 0.25) is 5.02 Å². The van der Waals surface area contributed by atoms with E-state index < -0.39 is 23.3 Å². The summed E-state index contributed by atoms with van der Waals surface area (Å²) in [5.74, 6) is -0.451. The summed E-state index contributed by atoms with van der Waals surface area (Å²) in [4.78, 5) is 38.9. The molecular weight excluding hydrogens is 478 g/mol. The molecular formula is C21H22ClN9O4. The summed E-state index contributed by atoms with van der Waals surface area (Å²) in [6.45, 7) is 0.570. The van der Waals surface area contributed by atoms with Crippen LogP contribution >= 0.6 is 11.6 Å². The van der Waals surface area contributed by atoms with E-state index in [2.05, 4.69) is 25.8 Å². The number of hydrogen-bond acceptors (Lipinski definition) is 8. The van der Waals surface area contributed by atoms with Crippen molar-refractivity contribution in [1.29, 1.82) is 0 Å². The smallest absolute Gasteiger partial charge is 0.331 e. The standard InChI is InChI=1S/C21H22ClN9O4/c1-28-20(34)16(19(33)23-8-10-30-9-2-7-24-30)11-29(21(28)35)13-18-25-27-31(26-18)12-17(32)14-3-5-15(22)6-4-14/h2-7,9,11,17,32H,8,10,12-13H2,1H3,(H,23,33)/t17-/m0/s1. The number of aromatic nitrogens is 8. The third-order valence-corrected chi connectivity index (χ3v) is 5.43. The van der Waals surface area contributed by atoms with Gasteiger partial charge in [0, 0.05) is 37.2 Å². The first kappa shape index (κ1) is 24.0. The number of aliphatic hydroxyl groups excluding tert-OH is 1. The molecule has 1 amide bonds. The number of carbonyl (C=O) groups excluding carboxylic acids is 1. The van der Waals surface area contributed by atoms with Crippen LogP contribution in [0.1, 0.15) is 27.8 Å². The molecule has 0 radical (unpaired) electrons. The lowest BCUT2D eigenvalue weighted by atomic mass is 10.1. The number of rotatable bonds is 9. The van der Waals surface area contributed by atoms with Gasteiger partial charge in [0.15, 0.2) is 5.82 Å². The molecule has 1 atom stereocenters. The van der Waals surface area contributed by atoms with Gasteiger partial charge in [0.2, 0.25) is 0 Å². The maximum absolute atomic E-state index is 12.6. The van der Waals surface area contributed by atoms with Crippen LogP contribution in [0.5, 0.6) is 0 Å². The Balaban J connectivity index is 1.46. The summed E-state index contributed by atoms with van der Waals surface area (Å²) in [5.41, 5.74) is -0.921. The van der Waals surface area contributed by atoms with Gasteiger partial charge in [0.25, 0.3) is 11.5 Å². The maximum atomic E-state index is 12.6. The van der Waals surface area contributed by atoms with Crippen molar-refractivity contribution in [2.75, 3.05) is 6.54 Å². The largest absolute Gasteiger partial charge is 0.386 e. The van der Waals surface area contributed by atoms with E-state index in [0.29, 0.717) is 17.1 Å². The van der Waals surface area contributed by atoms with Gasteiger partial charge in [-0.15, -0.1) is 10.2 Å². The van der Waals surface area contributed by atoms with Gasteiger partial charge in [0.05, 0.1) is 19.6 Å². The molecule has 0 saturated heterocycles. The van der Waals surface area contributed by atoms with Crippen LogP contribution in [0.4, 0.5) is 0 Å². The Morgan fingerprint density at radius 3 is 2.71 bits per heavy atom. The Labute approximate surface area is 203 Å². The number of nitrogens with one attached hydrogen (secondary N) is 1. The molecule has 0 bridgehead atoms. The lowest BCUT2D eigenvalue weighted by Gasteiger charge is -2.10. The molecule has 0 fully saturated rings. The molecule has 35 heavy (non-hydrogen) atoms. The number of aliphatic hydroxyl groups is 1. The van der Waals surface area contributed by atoms with Crippen molar-refractivity contribution in [3.05, 3.63) is 91.7 Å². The summed E-state index contributed by atoms with van der Waals surface area (Å²) in [6.07, 6.45) is 3.65. The molecule has 1 aromatic carbocycles. The first-order valence-corrected chi connectivity index (χ1v) is 11.0. The van der Waals surface area contributed by atoms with Gasteiger partial charge < -0.3 is 10.4 Å². The minimum absolute atomic E-state index is 0.0285. The van der Waals surface area contributed by atoms with Gasteiger partial charge >= 0.3 is 5.69 Å². The number of tetrazole rings is 1. The van der Waals surface area contributed by atoms with E-state index in [4.69, 9.17) is 11.6 Å². The number of nitrogens with zero attached hydrogens (tertiary/aromatic N) is 8. The summed E-state index contributed by atoms with van der Waals surface area (Å²) in [7, 11) is 1.29. The van der Waals surface area contributed by atoms with Gasteiger partial charge in [0.1, 0.15) is 11.7 Å². The molecule has 0 aliphatic heterocycles. The second-order valence-corrected chi connectivity index (χ2v) is 8.11. The van der Waals surface area contributed by atoms with Gasteiger partial charge in [-0.2, -0.15) is 9.90 Å². The number of hydrogen-bond donors (Lipinski definition) is 2. The Bertz CT molecular complexity index is 1420. The molecule has 0 aliphatic carbocycles. The second-order valence-electron chi connectivity index (χ2n) is 7.67. The summed E-state index contributed by atoms with van der Waals surface area (Å²) >= 11 is 5.87. The molecule has 4 rings (SSSR count). The van der Waals surface area contributed by atoms with E-state index in [-0.39, 0.29) is 31.0 Å². The van der Waals surface area contributed by atoms with Crippen LogP contribution in [0, 0.1) is 0 Å². The van der Waals surface area contributed by atoms with Crippen LogP contribution < -0.4 is 16.6 Å². The van der Waals surface area contributed by atoms with Crippen LogP contribution in [-0.4, -0.2) is 56.7 Å². The zero-order chi connectivity index (χ0) is 24.9. The predicted molar refractivity (Wildman–Crippen MR) is 124 cm³/mol. The van der Waals surface area contributed by atoms with E-state index >= 15 is 0 Å². The van der Waals surface area contributed by atoms with Crippen molar-refractivity contribution in [3.63, 3.8) is 0 Å². The first-order chi connectivity index (χ1) is 16.8. The number of halogens is 1. The molecule has 14 heteroatoms. The monoisotopic (exact) mass is 499 g/mol. The second kappa shape index (κ2) is 10.4. The number of amides is 1. The van der Waals surface area contributed by atoms with E-state index in [0.717, 1.165) is 9.13 Å².